The van der Waals surface area contributed by atoms with Crippen LogP contribution < -0.4 is 15.4 Å². The van der Waals surface area contributed by atoms with Gasteiger partial charge in [0.15, 0.2) is 5.11 Å². The molecular weight excluding hydrogens is 374 g/mol. The number of ether oxygens (including phenoxy) is 1. The molecule has 1 aliphatic rings. The summed E-state index contributed by atoms with van der Waals surface area (Å²) >= 11 is 5.20. The van der Waals surface area contributed by atoms with Crippen LogP contribution in [0.3, 0.4) is 0 Å². The zero-order chi connectivity index (χ0) is 19.9. The number of nitrogens with zero attached hydrogens (tertiary/aromatic N) is 1. The summed E-state index contributed by atoms with van der Waals surface area (Å²) in [5.41, 5.74) is 2.24. The van der Waals surface area contributed by atoms with E-state index >= 15 is 0 Å². The van der Waals surface area contributed by atoms with Crippen LogP contribution in [0.4, 0.5) is 5.69 Å². The number of nitrogens with one attached hydrogen (secondary N) is 2. The van der Waals surface area contributed by atoms with Gasteiger partial charge in [-0.3, -0.25) is 9.59 Å². The highest BCUT2D eigenvalue weighted by Crippen LogP contribution is 2.15. The second kappa shape index (κ2) is 9.32. The van der Waals surface area contributed by atoms with Gasteiger partial charge in [0.1, 0.15) is 5.75 Å². The lowest BCUT2D eigenvalue weighted by molar-refractivity contribution is -0.119. The minimum absolute atomic E-state index is 0.0550. The van der Waals surface area contributed by atoms with Crippen LogP contribution >= 0.6 is 12.2 Å². The van der Waals surface area contributed by atoms with Gasteiger partial charge in [-0.15, -0.1) is 0 Å². The number of rotatable bonds is 5. The lowest BCUT2D eigenvalue weighted by atomic mass is 10.1. The fourth-order valence-corrected chi connectivity index (χ4v) is 3.29. The molecule has 1 fully saturated rings. The molecule has 0 aliphatic carbocycles. The molecule has 0 bridgehead atoms. The third-order valence-electron chi connectivity index (χ3n) is 4.56. The number of hydrogen-bond acceptors (Lipinski definition) is 4. The zero-order valence-corrected chi connectivity index (χ0v) is 16.6. The van der Waals surface area contributed by atoms with E-state index < -0.39 is 0 Å². The summed E-state index contributed by atoms with van der Waals surface area (Å²) in [6.07, 6.45) is 2.35. The van der Waals surface area contributed by atoms with Crippen LogP contribution in [0.5, 0.6) is 5.75 Å². The van der Waals surface area contributed by atoms with Gasteiger partial charge in [-0.05, 0) is 67.0 Å². The van der Waals surface area contributed by atoms with E-state index in [9.17, 15) is 9.59 Å². The van der Waals surface area contributed by atoms with Gasteiger partial charge in [-0.2, -0.15) is 0 Å². The van der Waals surface area contributed by atoms with Crippen molar-refractivity contribution in [3.63, 3.8) is 0 Å². The molecule has 1 saturated heterocycles. The van der Waals surface area contributed by atoms with E-state index in [1.54, 1.807) is 31.4 Å². The largest absolute Gasteiger partial charge is 0.497 e. The Kier molecular flexibility index (Phi) is 6.60. The molecular formula is C21H23N3O3S. The maximum absolute atomic E-state index is 12.4. The fraction of sp³-hybridized carbons (Fsp3) is 0.286. The van der Waals surface area contributed by atoms with E-state index in [0.717, 1.165) is 37.2 Å². The van der Waals surface area contributed by atoms with Crippen molar-refractivity contribution in [2.45, 2.75) is 19.3 Å². The smallest absolute Gasteiger partial charge is 0.253 e. The normalized spacial score (nSPS) is 13.1. The first-order valence-corrected chi connectivity index (χ1v) is 9.59. The monoisotopic (exact) mass is 397 g/mol. The number of thiocarbonyl (C=S) groups is 1. The number of likely N-dealkylation sites (tertiary alicyclic amines) is 1. The van der Waals surface area contributed by atoms with Crippen molar-refractivity contribution in [1.29, 1.82) is 0 Å². The first-order chi connectivity index (χ1) is 13.5. The molecule has 7 heteroatoms. The Bertz CT molecular complexity index is 844. The van der Waals surface area contributed by atoms with Gasteiger partial charge in [0.25, 0.3) is 5.91 Å². The molecule has 0 spiro atoms. The summed E-state index contributed by atoms with van der Waals surface area (Å²) in [4.78, 5) is 26.4. The number of amides is 2. The van der Waals surface area contributed by atoms with Crippen LogP contribution in [0.2, 0.25) is 0 Å². The van der Waals surface area contributed by atoms with E-state index in [4.69, 9.17) is 17.0 Å². The van der Waals surface area contributed by atoms with Gasteiger partial charge >= 0.3 is 0 Å². The number of carbonyl (C=O) groups excluding carboxylic acids is 2. The topological polar surface area (TPSA) is 70.7 Å². The summed E-state index contributed by atoms with van der Waals surface area (Å²) in [7, 11) is 1.60. The third-order valence-corrected chi connectivity index (χ3v) is 4.76. The molecule has 6 nitrogen and oxygen atoms in total. The lowest BCUT2D eigenvalue weighted by Crippen LogP contribution is -2.35. The van der Waals surface area contributed by atoms with E-state index in [1.165, 1.54) is 0 Å². The highest BCUT2D eigenvalue weighted by Gasteiger charge is 2.19. The van der Waals surface area contributed by atoms with Gasteiger partial charge in [-0.25, -0.2) is 0 Å². The van der Waals surface area contributed by atoms with Gasteiger partial charge in [0.2, 0.25) is 5.91 Å². The number of benzene rings is 2. The Hall–Kier alpha value is -2.93. The van der Waals surface area contributed by atoms with Crippen LogP contribution in [-0.2, 0) is 11.2 Å². The molecule has 0 radical (unpaired) electrons. The van der Waals surface area contributed by atoms with Gasteiger partial charge in [-0.1, -0.05) is 12.1 Å². The molecule has 2 amide bonds. The molecule has 0 aromatic heterocycles. The molecule has 0 saturated carbocycles. The van der Waals surface area contributed by atoms with Crippen molar-refractivity contribution in [1.82, 2.24) is 10.2 Å². The molecule has 1 aliphatic heterocycles. The van der Waals surface area contributed by atoms with Crippen molar-refractivity contribution in [3.05, 3.63) is 59.7 Å². The Labute approximate surface area is 169 Å². The number of anilines is 1. The Balaban J connectivity index is 1.49. The van der Waals surface area contributed by atoms with E-state index in [-0.39, 0.29) is 23.3 Å². The van der Waals surface area contributed by atoms with Crippen LogP contribution in [0, 0.1) is 0 Å². The highest BCUT2D eigenvalue weighted by molar-refractivity contribution is 7.80. The second-order valence-electron chi connectivity index (χ2n) is 6.60. The molecule has 1 heterocycles. The number of carbonyl (C=O) groups is 2. The Morgan fingerprint density at radius 2 is 1.68 bits per heavy atom. The van der Waals surface area contributed by atoms with Gasteiger partial charge < -0.3 is 20.3 Å². The molecule has 2 aromatic rings. The van der Waals surface area contributed by atoms with E-state index in [0.29, 0.717) is 11.3 Å². The van der Waals surface area contributed by atoms with Gasteiger partial charge in [0.05, 0.1) is 13.5 Å². The summed E-state index contributed by atoms with van der Waals surface area (Å²) in [5, 5.41) is 5.85. The standard InChI is InChI=1S/C21H23N3O3S/c1-27-18-10-4-15(5-11-18)14-19(25)23-21(28)22-17-8-6-16(7-9-17)20(26)24-12-2-3-13-24/h4-11H,2-3,12-14H2,1H3,(H2,22,23,25,28). The average Bonchev–Trinajstić information content (AvgIpc) is 3.23. The molecule has 3 rings (SSSR count). The first kappa shape index (κ1) is 19.8. The van der Waals surface area contributed by atoms with E-state index in [1.807, 2.05) is 29.2 Å². The maximum atomic E-state index is 12.4. The fourth-order valence-electron chi connectivity index (χ4n) is 3.06. The van der Waals surface area contributed by atoms with Crippen molar-refractivity contribution < 1.29 is 14.3 Å². The molecule has 0 unspecified atom stereocenters. The minimum atomic E-state index is -0.205. The van der Waals surface area contributed by atoms with Crippen molar-refractivity contribution in [2.24, 2.45) is 0 Å². The SMILES string of the molecule is COc1ccc(CC(=O)NC(=S)Nc2ccc(C(=O)N3CCCC3)cc2)cc1. The minimum Gasteiger partial charge on any atom is -0.497 e. The maximum Gasteiger partial charge on any atom is 0.253 e. The van der Waals surface area contributed by atoms with Crippen molar-refractivity contribution in [3.8, 4) is 5.75 Å². The molecule has 2 N–H and O–H groups in total. The van der Waals surface area contributed by atoms with E-state index in [2.05, 4.69) is 10.6 Å². The number of hydrogen-bond donors (Lipinski definition) is 2. The summed E-state index contributed by atoms with van der Waals surface area (Å²) < 4.78 is 5.10. The second-order valence-corrected chi connectivity index (χ2v) is 7.01. The lowest BCUT2D eigenvalue weighted by Gasteiger charge is -2.15. The number of methoxy groups -OCH3 is 1. The highest BCUT2D eigenvalue weighted by atomic mass is 32.1. The molecule has 2 aromatic carbocycles. The first-order valence-electron chi connectivity index (χ1n) is 9.18. The van der Waals surface area contributed by atoms with Crippen molar-refractivity contribution >= 4 is 34.8 Å². The predicted molar refractivity (Wildman–Crippen MR) is 113 cm³/mol. The summed E-state index contributed by atoms with van der Waals surface area (Å²) in [6, 6.07) is 14.4. The summed E-state index contributed by atoms with van der Waals surface area (Å²) in [6.45, 7) is 1.65. The van der Waals surface area contributed by atoms with Crippen LogP contribution in [0.25, 0.3) is 0 Å². The van der Waals surface area contributed by atoms with Crippen LogP contribution in [0.15, 0.2) is 48.5 Å². The molecule has 28 heavy (non-hydrogen) atoms. The average molecular weight is 398 g/mol. The zero-order valence-electron chi connectivity index (χ0n) is 15.7. The third kappa shape index (κ3) is 5.29. The Morgan fingerprint density at radius 1 is 1.04 bits per heavy atom. The molecule has 0 atom stereocenters. The predicted octanol–water partition coefficient (Wildman–Crippen LogP) is 2.99. The van der Waals surface area contributed by atoms with Crippen LogP contribution in [-0.4, -0.2) is 42.0 Å². The summed E-state index contributed by atoms with van der Waals surface area (Å²) in [5.74, 6) is 0.593. The quantitative estimate of drug-likeness (QED) is 0.759. The van der Waals surface area contributed by atoms with Crippen molar-refractivity contribution in [2.75, 3.05) is 25.5 Å². The van der Waals surface area contributed by atoms with Crippen LogP contribution in [0.1, 0.15) is 28.8 Å². The Morgan fingerprint density at radius 3 is 2.29 bits per heavy atom. The molecule has 146 valence electrons. The van der Waals surface area contributed by atoms with Gasteiger partial charge in [0, 0.05) is 24.3 Å².